The fraction of sp³-hybridized carbons (Fsp3) is 0.360. The zero-order valence-corrected chi connectivity index (χ0v) is 21.0. The van der Waals surface area contributed by atoms with Crippen molar-refractivity contribution in [1.82, 2.24) is 4.57 Å². The minimum Gasteiger partial charge on any atom is -0.479 e. The summed E-state index contributed by atoms with van der Waals surface area (Å²) in [4.78, 5) is 14.5. The smallest absolute Gasteiger partial charge is 0.337 e. The van der Waals surface area contributed by atoms with Crippen molar-refractivity contribution in [2.24, 2.45) is 5.73 Å². The number of aryl methyl sites for hydroxylation is 1. The fourth-order valence-electron chi connectivity index (χ4n) is 4.75. The van der Waals surface area contributed by atoms with Crippen LogP contribution in [0.5, 0.6) is 0 Å². The summed E-state index contributed by atoms with van der Waals surface area (Å²) < 4.78 is 8.38. The van der Waals surface area contributed by atoms with Gasteiger partial charge in [0.15, 0.2) is 11.2 Å². The van der Waals surface area contributed by atoms with Crippen molar-refractivity contribution >= 4 is 51.5 Å². The second kappa shape index (κ2) is 8.31. The van der Waals surface area contributed by atoms with Gasteiger partial charge in [0.05, 0.1) is 16.8 Å². The molecule has 8 heteroatoms. The Kier molecular flexibility index (Phi) is 5.93. The second-order valence-electron chi connectivity index (χ2n) is 9.41. The van der Waals surface area contributed by atoms with Crippen LogP contribution in [0.1, 0.15) is 43.7 Å². The van der Waals surface area contributed by atoms with Crippen molar-refractivity contribution in [2.75, 3.05) is 11.4 Å². The maximum Gasteiger partial charge on any atom is 0.337 e. The number of carboxylic acid groups (broad SMARTS) is 1. The van der Waals surface area contributed by atoms with Gasteiger partial charge in [-0.2, -0.15) is 0 Å². The van der Waals surface area contributed by atoms with Crippen LogP contribution in [0.15, 0.2) is 30.3 Å². The molecule has 33 heavy (non-hydrogen) atoms. The Hall–Kier alpha value is -2.61. The summed E-state index contributed by atoms with van der Waals surface area (Å²) in [6, 6.07) is 9.56. The molecule has 3 N–H and O–H groups in total. The van der Waals surface area contributed by atoms with Crippen LogP contribution < -0.4 is 10.6 Å². The van der Waals surface area contributed by atoms with Gasteiger partial charge in [0.25, 0.3) is 0 Å². The standard InChI is InChI=1S/C25H28ClN3O3S/c1-13-12-17-19(15-6-8-16(26)9-7-15)18(22(23(30)31)32-25(3,4)5)14(2)20-21(17)28(13)10-11-29(20)24(27)33/h6-9,12,22H,10-11H2,1-5H3,(H2,27,33)(H,30,31)/t22-/m0/s1. The number of anilines is 1. The number of aromatic nitrogens is 1. The Morgan fingerprint density at radius 3 is 2.39 bits per heavy atom. The Labute approximate surface area is 203 Å². The highest BCUT2D eigenvalue weighted by Gasteiger charge is 2.36. The zero-order chi connectivity index (χ0) is 24.2. The van der Waals surface area contributed by atoms with E-state index in [0.29, 0.717) is 17.1 Å². The highest BCUT2D eigenvalue weighted by atomic mass is 35.5. The molecule has 6 nitrogen and oxygen atoms in total. The molecule has 1 atom stereocenters. The van der Waals surface area contributed by atoms with Gasteiger partial charge >= 0.3 is 5.97 Å². The predicted molar refractivity (Wildman–Crippen MR) is 137 cm³/mol. The van der Waals surface area contributed by atoms with Gasteiger partial charge in [-0.15, -0.1) is 0 Å². The Morgan fingerprint density at radius 1 is 1.21 bits per heavy atom. The van der Waals surface area contributed by atoms with Crippen LogP contribution in [0.25, 0.3) is 22.0 Å². The summed E-state index contributed by atoms with van der Waals surface area (Å²) in [6.45, 7) is 10.9. The number of halogens is 1. The van der Waals surface area contributed by atoms with Crippen molar-refractivity contribution in [3.63, 3.8) is 0 Å². The number of hydrogen-bond donors (Lipinski definition) is 2. The number of aliphatic carboxylic acids is 1. The number of ether oxygens (including phenoxy) is 1. The van der Waals surface area contributed by atoms with Gasteiger partial charge in [0, 0.05) is 34.8 Å². The fourth-order valence-corrected chi connectivity index (χ4v) is 5.06. The number of thiocarbonyl (C=S) groups is 1. The predicted octanol–water partition coefficient (Wildman–Crippen LogP) is 5.58. The maximum absolute atomic E-state index is 12.6. The molecule has 3 aromatic rings. The Balaban J connectivity index is 2.18. The molecule has 0 saturated heterocycles. The first-order chi connectivity index (χ1) is 15.4. The van der Waals surface area contributed by atoms with Gasteiger partial charge in [-0.1, -0.05) is 23.7 Å². The lowest BCUT2D eigenvalue weighted by molar-refractivity contribution is -0.160. The molecule has 0 spiro atoms. The lowest BCUT2D eigenvalue weighted by atomic mass is 9.87. The number of nitrogens with zero attached hydrogens (tertiary/aromatic N) is 2. The molecule has 2 heterocycles. The van der Waals surface area contributed by atoms with E-state index in [-0.39, 0.29) is 5.11 Å². The number of carboxylic acids is 1. The molecule has 174 valence electrons. The van der Waals surface area contributed by atoms with E-state index in [1.807, 2.05) is 56.9 Å². The summed E-state index contributed by atoms with van der Waals surface area (Å²) in [5.74, 6) is -1.05. The third-order valence-corrected chi connectivity index (χ3v) is 6.47. The Bertz CT molecular complexity index is 1280. The SMILES string of the molecule is Cc1c([C@H](OC(C)(C)C)C(=O)O)c(-c2ccc(Cl)cc2)c2cc(C)n3c2c1N(C(N)=S)CC3. The molecule has 0 fully saturated rings. The van der Waals surface area contributed by atoms with Crippen LogP contribution in [-0.2, 0) is 16.1 Å². The van der Waals surface area contributed by atoms with E-state index in [1.54, 1.807) is 0 Å². The number of nitrogens with two attached hydrogens (primary N) is 1. The average molecular weight is 486 g/mol. The molecule has 0 bridgehead atoms. The van der Waals surface area contributed by atoms with Gasteiger partial charge in [0.2, 0.25) is 0 Å². The molecule has 0 unspecified atom stereocenters. The van der Waals surface area contributed by atoms with E-state index in [1.165, 1.54) is 0 Å². The largest absolute Gasteiger partial charge is 0.479 e. The minimum absolute atomic E-state index is 0.262. The quantitative estimate of drug-likeness (QED) is 0.469. The number of rotatable bonds is 4. The molecule has 1 aromatic heterocycles. The first-order valence-corrected chi connectivity index (χ1v) is 11.6. The molecule has 0 amide bonds. The molecule has 1 aliphatic rings. The number of benzene rings is 2. The van der Waals surface area contributed by atoms with E-state index >= 15 is 0 Å². The van der Waals surface area contributed by atoms with Crippen LogP contribution in [0.3, 0.4) is 0 Å². The molecule has 2 aromatic carbocycles. The summed E-state index contributed by atoms with van der Waals surface area (Å²) in [5, 5.41) is 12.1. The van der Waals surface area contributed by atoms with Crippen molar-refractivity contribution in [2.45, 2.75) is 52.9 Å². The monoisotopic (exact) mass is 485 g/mol. The molecule has 4 rings (SSSR count). The lowest BCUT2D eigenvalue weighted by Gasteiger charge is -2.35. The first kappa shape index (κ1) is 23.5. The van der Waals surface area contributed by atoms with Crippen molar-refractivity contribution in [3.8, 4) is 11.1 Å². The van der Waals surface area contributed by atoms with Crippen molar-refractivity contribution in [3.05, 3.63) is 52.2 Å². The maximum atomic E-state index is 12.6. The average Bonchev–Trinajstić information content (AvgIpc) is 3.05. The summed E-state index contributed by atoms with van der Waals surface area (Å²) in [7, 11) is 0. The third-order valence-electron chi connectivity index (χ3n) is 6.00. The summed E-state index contributed by atoms with van der Waals surface area (Å²) >= 11 is 11.5. The van der Waals surface area contributed by atoms with Gasteiger partial charge in [-0.25, -0.2) is 4.79 Å². The lowest BCUT2D eigenvalue weighted by Crippen LogP contribution is -2.41. The highest BCUT2D eigenvalue weighted by molar-refractivity contribution is 7.80. The van der Waals surface area contributed by atoms with Crippen molar-refractivity contribution < 1.29 is 14.6 Å². The Morgan fingerprint density at radius 2 is 1.85 bits per heavy atom. The molecule has 0 aliphatic carbocycles. The first-order valence-electron chi connectivity index (χ1n) is 10.8. The normalized spacial score (nSPS) is 14.5. The zero-order valence-electron chi connectivity index (χ0n) is 19.4. The molecular weight excluding hydrogens is 458 g/mol. The van der Waals surface area contributed by atoms with E-state index < -0.39 is 17.7 Å². The van der Waals surface area contributed by atoms with E-state index in [4.69, 9.17) is 34.3 Å². The number of carbonyl (C=O) groups is 1. The third kappa shape index (κ3) is 4.09. The van der Waals surface area contributed by atoms with Crippen LogP contribution >= 0.6 is 23.8 Å². The van der Waals surface area contributed by atoms with Crippen LogP contribution in [0, 0.1) is 13.8 Å². The van der Waals surface area contributed by atoms with Gasteiger partial charge in [0.1, 0.15) is 0 Å². The van der Waals surface area contributed by atoms with Crippen LogP contribution in [0.2, 0.25) is 5.02 Å². The van der Waals surface area contributed by atoms with Gasteiger partial charge in [-0.05, 0) is 81.7 Å². The summed E-state index contributed by atoms with van der Waals surface area (Å²) in [5.41, 5.74) is 11.4. The molecular formula is C25H28ClN3O3S. The van der Waals surface area contributed by atoms with E-state index in [9.17, 15) is 9.90 Å². The minimum atomic E-state index is -1.19. The van der Waals surface area contributed by atoms with E-state index in [0.717, 1.165) is 45.5 Å². The topological polar surface area (TPSA) is 80.7 Å². The highest BCUT2D eigenvalue weighted by Crippen LogP contribution is 2.48. The van der Waals surface area contributed by atoms with Gasteiger partial charge < -0.3 is 25.0 Å². The van der Waals surface area contributed by atoms with Crippen LogP contribution in [-0.4, -0.2) is 32.9 Å². The van der Waals surface area contributed by atoms with Crippen molar-refractivity contribution in [1.29, 1.82) is 0 Å². The molecule has 1 aliphatic heterocycles. The molecule has 0 radical (unpaired) electrons. The summed E-state index contributed by atoms with van der Waals surface area (Å²) in [6.07, 6.45) is -1.19. The second-order valence-corrected chi connectivity index (χ2v) is 10.3. The van der Waals surface area contributed by atoms with Gasteiger partial charge in [-0.3, -0.25) is 0 Å². The molecule has 0 saturated carbocycles. The van der Waals surface area contributed by atoms with E-state index in [2.05, 4.69) is 17.6 Å². The number of hydrogen-bond acceptors (Lipinski definition) is 3. The van der Waals surface area contributed by atoms with Crippen LogP contribution in [0.4, 0.5) is 5.69 Å².